The highest BCUT2D eigenvalue weighted by Gasteiger charge is 2.25. The second kappa shape index (κ2) is 5.37. The summed E-state index contributed by atoms with van der Waals surface area (Å²) >= 11 is 0.596. The van der Waals surface area contributed by atoms with E-state index in [1.807, 2.05) is 0 Å². The quantitative estimate of drug-likeness (QED) is 0.505. The van der Waals surface area contributed by atoms with Crippen LogP contribution in [0.15, 0.2) is 4.34 Å². The molecule has 4 N–H and O–H groups in total. The molecule has 0 bridgehead atoms. The summed E-state index contributed by atoms with van der Waals surface area (Å²) in [7, 11) is -3.99. The zero-order valence-corrected chi connectivity index (χ0v) is 11.0. The molecule has 0 aliphatic rings. The Labute approximate surface area is 107 Å². The van der Waals surface area contributed by atoms with Crippen LogP contribution in [0.2, 0.25) is 0 Å². The predicted molar refractivity (Wildman–Crippen MR) is 63.1 cm³/mol. The highest BCUT2D eigenvalue weighted by Crippen LogP contribution is 2.23. The number of hydrogen-bond acceptors (Lipinski definition) is 7. The third-order valence-corrected chi connectivity index (χ3v) is 4.03. The molecule has 0 spiro atoms. The van der Waals surface area contributed by atoms with Gasteiger partial charge in [0.2, 0.25) is 9.47 Å². The summed E-state index contributed by atoms with van der Waals surface area (Å²) in [6.45, 7) is 1.93. The minimum absolute atomic E-state index is 0.0373. The second-order valence-corrected chi connectivity index (χ2v) is 5.91. The van der Waals surface area contributed by atoms with Crippen LogP contribution in [0.1, 0.15) is 13.3 Å². The number of sulfonamides is 1. The van der Waals surface area contributed by atoms with E-state index in [9.17, 15) is 18.0 Å². The van der Waals surface area contributed by atoms with E-state index >= 15 is 0 Å². The van der Waals surface area contributed by atoms with Crippen molar-refractivity contribution in [2.75, 3.05) is 11.4 Å². The Morgan fingerprint density at radius 1 is 1.39 bits per heavy atom. The molecule has 0 saturated carbocycles. The fourth-order valence-electron chi connectivity index (χ4n) is 1.07. The Hall–Kier alpha value is -1.59. The van der Waals surface area contributed by atoms with Gasteiger partial charge in [0, 0.05) is 6.54 Å². The van der Waals surface area contributed by atoms with Gasteiger partial charge in [-0.15, -0.1) is 10.2 Å². The maximum Gasteiger partial charge on any atom is 0.317 e. The zero-order chi connectivity index (χ0) is 13.9. The van der Waals surface area contributed by atoms with Crippen LogP contribution in [0.3, 0.4) is 0 Å². The number of primary sulfonamides is 1. The fraction of sp³-hybridized carbons (Fsp3) is 0.429. The third-order valence-electron chi connectivity index (χ3n) is 1.77. The van der Waals surface area contributed by atoms with Crippen LogP contribution in [-0.4, -0.2) is 37.0 Å². The number of carbonyl (C=O) groups is 2. The summed E-state index contributed by atoms with van der Waals surface area (Å²) in [6, 6.07) is 0. The molecule has 1 aromatic rings. The molecule has 9 nitrogen and oxygen atoms in total. The number of rotatable bonds is 4. The summed E-state index contributed by atoms with van der Waals surface area (Å²) in [5.41, 5.74) is 4.88. The van der Waals surface area contributed by atoms with Gasteiger partial charge in [0.15, 0.2) is 0 Å². The number of nitrogens with zero attached hydrogens (tertiary/aromatic N) is 3. The molecule has 18 heavy (non-hydrogen) atoms. The Bertz CT molecular complexity index is 566. The molecule has 0 aliphatic carbocycles. The fourth-order valence-corrected chi connectivity index (χ4v) is 2.51. The van der Waals surface area contributed by atoms with E-state index in [2.05, 4.69) is 10.2 Å². The van der Waals surface area contributed by atoms with Crippen molar-refractivity contribution in [3.63, 3.8) is 0 Å². The minimum Gasteiger partial charge on any atom is -0.361 e. The van der Waals surface area contributed by atoms with Crippen molar-refractivity contribution in [1.29, 1.82) is 0 Å². The number of anilines is 1. The van der Waals surface area contributed by atoms with Crippen molar-refractivity contribution in [1.82, 2.24) is 10.2 Å². The first kappa shape index (κ1) is 14.5. The first-order valence-electron chi connectivity index (χ1n) is 4.75. The average molecular weight is 293 g/mol. The van der Waals surface area contributed by atoms with Crippen molar-refractivity contribution in [2.24, 2.45) is 10.9 Å². The lowest BCUT2D eigenvalue weighted by Crippen LogP contribution is -2.40. The summed E-state index contributed by atoms with van der Waals surface area (Å²) in [5, 5.41) is 11.7. The van der Waals surface area contributed by atoms with E-state index in [4.69, 9.17) is 10.9 Å². The van der Waals surface area contributed by atoms with Crippen LogP contribution >= 0.6 is 11.3 Å². The number of aromatic nitrogens is 2. The van der Waals surface area contributed by atoms with Crippen LogP contribution in [0.4, 0.5) is 5.13 Å². The maximum atomic E-state index is 11.5. The number of carbonyl (C=O) groups excluding carboxylic acids is 2. The lowest BCUT2D eigenvalue weighted by Gasteiger charge is -2.15. The molecule has 2 amide bonds. The predicted octanol–water partition coefficient (Wildman–Crippen LogP) is -1.59. The molecule has 0 radical (unpaired) electrons. The summed E-state index contributed by atoms with van der Waals surface area (Å²) in [4.78, 5) is 23.3. The van der Waals surface area contributed by atoms with Crippen LogP contribution in [0, 0.1) is 0 Å². The number of primary amides is 1. The molecule has 0 unspecified atom stereocenters. The highest BCUT2D eigenvalue weighted by atomic mass is 32.2. The largest absolute Gasteiger partial charge is 0.361 e. The Morgan fingerprint density at radius 3 is 2.39 bits per heavy atom. The first-order chi connectivity index (χ1) is 8.27. The molecule has 0 fully saturated rings. The van der Waals surface area contributed by atoms with Crippen molar-refractivity contribution >= 4 is 38.3 Å². The smallest absolute Gasteiger partial charge is 0.317 e. The number of hydrogen-bond donors (Lipinski definition) is 2. The van der Waals surface area contributed by atoms with Gasteiger partial charge in [-0.2, -0.15) is 0 Å². The number of nitrogens with two attached hydrogens (primary N) is 2. The number of amides is 2. The maximum absolute atomic E-state index is 11.5. The van der Waals surface area contributed by atoms with Gasteiger partial charge in [-0.25, -0.2) is 13.6 Å². The Balaban J connectivity index is 3.11. The molecule has 100 valence electrons. The van der Waals surface area contributed by atoms with E-state index in [1.165, 1.54) is 0 Å². The molecule has 1 heterocycles. The van der Waals surface area contributed by atoms with E-state index in [1.54, 1.807) is 6.92 Å². The van der Waals surface area contributed by atoms with Gasteiger partial charge in [0.05, 0.1) is 0 Å². The van der Waals surface area contributed by atoms with Crippen LogP contribution in [-0.2, 0) is 19.6 Å². The van der Waals surface area contributed by atoms with E-state index in [-0.39, 0.29) is 11.7 Å². The van der Waals surface area contributed by atoms with Crippen molar-refractivity contribution in [2.45, 2.75) is 17.7 Å². The van der Waals surface area contributed by atoms with Gasteiger partial charge in [0.1, 0.15) is 0 Å². The lowest BCUT2D eigenvalue weighted by molar-refractivity contribution is -0.135. The van der Waals surface area contributed by atoms with Crippen LogP contribution in [0.25, 0.3) is 0 Å². The highest BCUT2D eigenvalue weighted by molar-refractivity contribution is 7.91. The van der Waals surface area contributed by atoms with E-state index < -0.39 is 26.2 Å². The lowest BCUT2D eigenvalue weighted by atomic mass is 10.4. The van der Waals surface area contributed by atoms with E-state index in [0.29, 0.717) is 17.8 Å². The van der Waals surface area contributed by atoms with Gasteiger partial charge in [-0.1, -0.05) is 18.3 Å². The average Bonchev–Trinajstić information content (AvgIpc) is 2.73. The molecular weight excluding hydrogens is 282 g/mol. The van der Waals surface area contributed by atoms with Crippen molar-refractivity contribution < 1.29 is 18.0 Å². The summed E-state index contributed by atoms with van der Waals surface area (Å²) in [5.74, 6) is -2.13. The van der Waals surface area contributed by atoms with Crippen molar-refractivity contribution in [3.8, 4) is 0 Å². The third kappa shape index (κ3) is 3.21. The summed E-state index contributed by atoms with van der Waals surface area (Å²) in [6.07, 6.45) is 0.531. The Morgan fingerprint density at radius 2 is 2.00 bits per heavy atom. The molecule has 0 atom stereocenters. The van der Waals surface area contributed by atoms with Gasteiger partial charge in [-0.05, 0) is 6.42 Å². The molecule has 1 aromatic heterocycles. The SMILES string of the molecule is CCCN(C(=O)C(N)=O)c1nnc(S(N)(=O)=O)s1. The molecular formula is C7H11N5O4S2. The van der Waals surface area contributed by atoms with Crippen LogP contribution < -0.4 is 15.8 Å². The van der Waals surface area contributed by atoms with Gasteiger partial charge in [0.25, 0.3) is 10.0 Å². The van der Waals surface area contributed by atoms with Crippen LogP contribution in [0.5, 0.6) is 0 Å². The minimum atomic E-state index is -3.99. The van der Waals surface area contributed by atoms with Gasteiger partial charge >= 0.3 is 11.8 Å². The standard InChI is InChI=1S/C7H11N5O4S2/c1-2-3-12(5(14)4(8)13)6-10-11-7(17-6)18(9,15)16/h2-3H2,1H3,(H2,8,13)(H2,9,15,16). The van der Waals surface area contributed by atoms with E-state index in [0.717, 1.165) is 4.90 Å². The molecule has 1 rings (SSSR count). The molecule has 0 aromatic carbocycles. The topological polar surface area (TPSA) is 149 Å². The monoisotopic (exact) mass is 293 g/mol. The van der Waals surface area contributed by atoms with Gasteiger partial charge < -0.3 is 5.73 Å². The molecule has 11 heteroatoms. The molecule has 0 saturated heterocycles. The summed E-state index contributed by atoms with van der Waals surface area (Å²) < 4.78 is 21.6. The first-order valence-corrected chi connectivity index (χ1v) is 7.11. The Kier molecular flexibility index (Phi) is 4.32. The second-order valence-electron chi connectivity index (χ2n) is 3.22. The molecule has 0 aliphatic heterocycles. The zero-order valence-electron chi connectivity index (χ0n) is 9.36. The van der Waals surface area contributed by atoms with Crippen molar-refractivity contribution in [3.05, 3.63) is 0 Å². The normalized spacial score (nSPS) is 11.2. The van der Waals surface area contributed by atoms with Gasteiger partial charge in [-0.3, -0.25) is 14.5 Å².